The molecular formula is C38H41N. The molecule has 2 aromatic rings. The summed E-state index contributed by atoms with van der Waals surface area (Å²) in [7, 11) is 0. The van der Waals surface area contributed by atoms with Crippen molar-refractivity contribution < 1.29 is 0 Å². The lowest BCUT2D eigenvalue weighted by Crippen LogP contribution is -2.21. The van der Waals surface area contributed by atoms with Crippen LogP contribution in [0.25, 0.3) is 5.57 Å². The highest BCUT2D eigenvalue weighted by molar-refractivity contribution is 5.73. The Kier molecular flexibility index (Phi) is 8.24. The van der Waals surface area contributed by atoms with Gasteiger partial charge in [-0.1, -0.05) is 114 Å². The summed E-state index contributed by atoms with van der Waals surface area (Å²) >= 11 is 0. The zero-order chi connectivity index (χ0) is 26.3. The first-order valence-electron chi connectivity index (χ1n) is 15.0. The van der Waals surface area contributed by atoms with E-state index in [1.54, 1.807) is 16.7 Å². The molecule has 6 rings (SSSR count). The van der Waals surface area contributed by atoms with Crippen molar-refractivity contribution in [1.29, 1.82) is 0 Å². The summed E-state index contributed by atoms with van der Waals surface area (Å²) < 4.78 is 0. The fourth-order valence-corrected chi connectivity index (χ4v) is 6.95. The summed E-state index contributed by atoms with van der Waals surface area (Å²) in [6.45, 7) is 0. The smallest absolute Gasteiger partial charge is 0.0384 e. The Balaban J connectivity index is 1.25. The van der Waals surface area contributed by atoms with Crippen LogP contribution in [-0.2, 0) is 0 Å². The zero-order valence-electron chi connectivity index (χ0n) is 23.0. The first-order valence-corrected chi connectivity index (χ1v) is 15.0. The van der Waals surface area contributed by atoms with Gasteiger partial charge in [-0.25, -0.2) is 0 Å². The van der Waals surface area contributed by atoms with Crippen LogP contribution in [0.2, 0.25) is 0 Å². The van der Waals surface area contributed by atoms with Gasteiger partial charge in [0.25, 0.3) is 0 Å². The molecule has 2 aromatic carbocycles. The van der Waals surface area contributed by atoms with Crippen LogP contribution in [0.3, 0.4) is 0 Å². The maximum Gasteiger partial charge on any atom is 0.0384 e. The molecule has 39 heavy (non-hydrogen) atoms. The molecule has 0 saturated carbocycles. The van der Waals surface area contributed by atoms with Crippen molar-refractivity contribution in [2.24, 2.45) is 23.7 Å². The summed E-state index contributed by atoms with van der Waals surface area (Å²) in [5.74, 6) is 2.19. The third kappa shape index (κ3) is 6.19. The van der Waals surface area contributed by atoms with Gasteiger partial charge in [-0.3, -0.25) is 0 Å². The van der Waals surface area contributed by atoms with E-state index >= 15 is 0 Å². The maximum atomic E-state index is 3.55. The van der Waals surface area contributed by atoms with Crippen LogP contribution in [-0.4, -0.2) is 0 Å². The molecule has 4 unspecified atom stereocenters. The van der Waals surface area contributed by atoms with Crippen LogP contribution in [0.5, 0.6) is 0 Å². The molecule has 1 N–H and O–H groups in total. The van der Waals surface area contributed by atoms with Crippen molar-refractivity contribution in [1.82, 2.24) is 0 Å². The average molecular weight is 512 g/mol. The molecular weight excluding hydrogens is 470 g/mol. The van der Waals surface area contributed by atoms with Gasteiger partial charge in [0.2, 0.25) is 0 Å². The van der Waals surface area contributed by atoms with Crippen LogP contribution in [0.15, 0.2) is 138 Å². The number of anilines is 1. The van der Waals surface area contributed by atoms with E-state index in [4.69, 9.17) is 0 Å². The standard InChI is InChI=1S/C38H41N/c1-5-13-31(14-6-1)37(32-15-7-2-8-16-32)38(33-17-9-3-10-18-33)34-23-21-29(22-24-34)30-25-27-36(28-26-30)39-35-19-11-4-12-20-35/h1-2,4-9,11-15,17,19-21,25,27-28,30,32-34,39H,3,10,16,18,22-24,26H2/b38-37-. The van der Waals surface area contributed by atoms with E-state index in [-0.39, 0.29) is 0 Å². The molecule has 0 fully saturated rings. The van der Waals surface area contributed by atoms with Crippen molar-refractivity contribution in [3.05, 3.63) is 144 Å². The Hall–Kier alpha value is -3.58. The highest BCUT2D eigenvalue weighted by Gasteiger charge is 2.31. The normalized spacial score (nSPS) is 27.0. The first-order chi connectivity index (χ1) is 19.3. The molecule has 4 atom stereocenters. The minimum atomic E-state index is 0.468. The number of nitrogens with one attached hydrogen (secondary N) is 1. The van der Waals surface area contributed by atoms with Crippen molar-refractivity contribution >= 4 is 11.3 Å². The highest BCUT2D eigenvalue weighted by Crippen LogP contribution is 2.46. The molecule has 4 aliphatic carbocycles. The van der Waals surface area contributed by atoms with Gasteiger partial charge in [0.05, 0.1) is 0 Å². The van der Waals surface area contributed by atoms with Gasteiger partial charge >= 0.3 is 0 Å². The lowest BCUT2D eigenvalue weighted by atomic mass is 9.69. The summed E-state index contributed by atoms with van der Waals surface area (Å²) in [6, 6.07) is 21.8. The predicted octanol–water partition coefficient (Wildman–Crippen LogP) is 10.2. The number of allylic oxidation sites excluding steroid dienone is 13. The van der Waals surface area contributed by atoms with Crippen LogP contribution < -0.4 is 5.32 Å². The van der Waals surface area contributed by atoms with E-state index in [2.05, 4.69) is 127 Å². The Morgan fingerprint density at radius 3 is 2.23 bits per heavy atom. The van der Waals surface area contributed by atoms with Crippen molar-refractivity contribution in [3.63, 3.8) is 0 Å². The molecule has 0 heterocycles. The van der Waals surface area contributed by atoms with Gasteiger partial charge in [0.1, 0.15) is 0 Å². The largest absolute Gasteiger partial charge is 0.356 e. The molecule has 0 spiro atoms. The van der Waals surface area contributed by atoms with E-state index in [0.717, 1.165) is 18.5 Å². The van der Waals surface area contributed by atoms with Crippen molar-refractivity contribution in [2.75, 3.05) is 5.32 Å². The molecule has 0 aliphatic heterocycles. The number of benzene rings is 2. The van der Waals surface area contributed by atoms with E-state index in [1.807, 2.05) is 0 Å². The van der Waals surface area contributed by atoms with Gasteiger partial charge < -0.3 is 5.32 Å². The predicted molar refractivity (Wildman–Crippen MR) is 167 cm³/mol. The lowest BCUT2D eigenvalue weighted by Gasteiger charge is -2.35. The SMILES string of the molecule is C1=CCC(/C(=C(/C2C=CCCC2)C2CC=C(C3C=CC(Nc4ccccc4)=CC3)CC2)c2ccccc2)C=C1. The molecule has 198 valence electrons. The quantitative estimate of drug-likeness (QED) is 0.365. The summed E-state index contributed by atoms with van der Waals surface area (Å²) in [5.41, 5.74) is 8.75. The Labute approximate surface area is 235 Å². The molecule has 4 aliphatic rings. The summed E-state index contributed by atoms with van der Waals surface area (Å²) in [6.07, 6.45) is 33.6. The fourth-order valence-electron chi connectivity index (χ4n) is 6.95. The summed E-state index contributed by atoms with van der Waals surface area (Å²) in [5, 5.41) is 3.55. The molecule has 1 heteroatoms. The third-order valence-electron chi connectivity index (χ3n) is 8.93. The van der Waals surface area contributed by atoms with Gasteiger partial charge in [0.15, 0.2) is 0 Å². The topological polar surface area (TPSA) is 12.0 Å². The molecule has 0 bridgehead atoms. The second-order valence-electron chi connectivity index (χ2n) is 11.5. The van der Waals surface area contributed by atoms with E-state index < -0.39 is 0 Å². The summed E-state index contributed by atoms with van der Waals surface area (Å²) in [4.78, 5) is 0. The zero-order valence-corrected chi connectivity index (χ0v) is 23.0. The Morgan fingerprint density at radius 2 is 1.56 bits per heavy atom. The van der Waals surface area contributed by atoms with Crippen LogP contribution in [0, 0.1) is 23.7 Å². The lowest BCUT2D eigenvalue weighted by molar-refractivity contribution is 0.456. The van der Waals surface area contributed by atoms with E-state index in [9.17, 15) is 0 Å². The van der Waals surface area contributed by atoms with Gasteiger partial charge in [-0.15, -0.1) is 0 Å². The van der Waals surface area contributed by atoms with Crippen LogP contribution in [0.1, 0.15) is 56.9 Å². The van der Waals surface area contributed by atoms with Gasteiger partial charge in [0, 0.05) is 23.2 Å². The Bertz CT molecular complexity index is 1330. The molecule has 1 nitrogen and oxygen atoms in total. The van der Waals surface area contributed by atoms with E-state index in [0.29, 0.717) is 23.7 Å². The first kappa shape index (κ1) is 25.7. The molecule has 0 aromatic heterocycles. The number of hydrogen-bond acceptors (Lipinski definition) is 1. The number of para-hydroxylation sites is 1. The monoisotopic (exact) mass is 511 g/mol. The third-order valence-corrected chi connectivity index (χ3v) is 8.93. The van der Waals surface area contributed by atoms with E-state index in [1.165, 1.54) is 49.8 Å². The van der Waals surface area contributed by atoms with Crippen molar-refractivity contribution in [2.45, 2.75) is 51.4 Å². The Morgan fingerprint density at radius 1 is 0.718 bits per heavy atom. The minimum Gasteiger partial charge on any atom is -0.356 e. The average Bonchev–Trinajstić information content (AvgIpc) is 3.02. The maximum absolute atomic E-state index is 3.55. The molecule has 0 saturated heterocycles. The molecule has 0 radical (unpaired) electrons. The van der Waals surface area contributed by atoms with Crippen molar-refractivity contribution in [3.8, 4) is 0 Å². The fraction of sp³-hybridized carbons (Fsp3) is 0.316. The molecule has 0 amide bonds. The second-order valence-corrected chi connectivity index (χ2v) is 11.5. The van der Waals surface area contributed by atoms with Crippen LogP contribution in [0.4, 0.5) is 5.69 Å². The van der Waals surface area contributed by atoms with Gasteiger partial charge in [-0.05, 0) is 92.5 Å². The number of hydrogen-bond donors (Lipinski definition) is 1. The number of rotatable bonds is 7. The minimum absolute atomic E-state index is 0.468. The second kappa shape index (κ2) is 12.5. The highest BCUT2D eigenvalue weighted by atomic mass is 14.9. The van der Waals surface area contributed by atoms with Crippen LogP contribution >= 0.6 is 0 Å². The van der Waals surface area contributed by atoms with Gasteiger partial charge in [-0.2, -0.15) is 0 Å².